The van der Waals surface area contributed by atoms with E-state index in [0.717, 1.165) is 28.3 Å². The fourth-order valence-corrected chi connectivity index (χ4v) is 3.84. The SMILES string of the molecule is CCCNC(=O)C(CC)N(Cc1cccc(C)c1)C(=O)COc1cccc2ccccc12. The fourth-order valence-electron chi connectivity index (χ4n) is 3.84. The van der Waals surface area contributed by atoms with Crippen molar-refractivity contribution in [2.24, 2.45) is 0 Å². The van der Waals surface area contributed by atoms with E-state index in [1.54, 1.807) is 4.90 Å². The topological polar surface area (TPSA) is 58.6 Å². The van der Waals surface area contributed by atoms with E-state index in [-0.39, 0.29) is 18.4 Å². The zero-order valence-electron chi connectivity index (χ0n) is 19.1. The van der Waals surface area contributed by atoms with Gasteiger partial charge in [-0.1, -0.05) is 80.1 Å². The molecule has 32 heavy (non-hydrogen) atoms. The van der Waals surface area contributed by atoms with Crippen molar-refractivity contribution >= 4 is 22.6 Å². The van der Waals surface area contributed by atoms with Gasteiger partial charge in [0, 0.05) is 18.5 Å². The van der Waals surface area contributed by atoms with Crippen molar-refractivity contribution in [1.29, 1.82) is 0 Å². The molecule has 0 aliphatic carbocycles. The van der Waals surface area contributed by atoms with Gasteiger partial charge in [0.2, 0.25) is 5.91 Å². The van der Waals surface area contributed by atoms with Crippen LogP contribution in [0, 0.1) is 6.92 Å². The van der Waals surface area contributed by atoms with Gasteiger partial charge >= 0.3 is 0 Å². The number of benzene rings is 3. The third-order valence-corrected chi connectivity index (χ3v) is 5.47. The Labute approximate surface area is 190 Å². The van der Waals surface area contributed by atoms with Gasteiger partial charge in [0.1, 0.15) is 11.8 Å². The lowest BCUT2D eigenvalue weighted by molar-refractivity contribution is -0.142. The number of aryl methyl sites for hydroxylation is 1. The highest BCUT2D eigenvalue weighted by Gasteiger charge is 2.28. The van der Waals surface area contributed by atoms with E-state index in [0.29, 0.717) is 25.3 Å². The Bertz CT molecular complexity index is 1060. The van der Waals surface area contributed by atoms with Crippen molar-refractivity contribution in [1.82, 2.24) is 10.2 Å². The van der Waals surface area contributed by atoms with Gasteiger partial charge in [0.25, 0.3) is 5.91 Å². The van der Waals surface area contributed by atoms with E-state index in [2.05, 4.69) is 5.32 Å². The van der Waals surface area contributed by atoms with Gasteiger partial charge < -0.3 is 15.0 Å². The number of nitrogens with zero attached hydrogens (tertiary/aromatic N) is 1. The van der Waals surface area contributed by atoms with E-state index in [1.807, 2.05) is 87.5 Å². The highest BCUT2D eigenvalue weighted by molar-refractivity contribution is 5.90. The summed E-state index contributed by atoms with van der Waals surface area (Å²) in [5.74, 6) is 0.328. The van der Waals surface area contributed by atoms with Gasteiger partial charge in [-0.05, 0) is 36.8 Å². The van der Waals surface area contributed by atoms with Crippen LogP contribution in [0.5, 0.6) is 5.75 Å². The molecular weight excluding hydrogens is 400 g/mol. The molecule has 3 aromatic carbocycles. The molecule has 0 saturated heterocycles. The van der Waals surface area contributed by atoms with Crippen molar-refractivity contribution in [2.75, 3.05) is 13.2 Å². The molecule has 0 heterocycles. The molecule has 1 atom stereocenters. The molecule has 1 N–H and O–H groups in total. The molecule has 1 unspecified atom stereocenters. The number of nitrogens with one attached hydrogen (secondary N) is 1. The average molecular weight is 433 g/mol. The monoisotopic (exact) mass is 432 g/mol. The molecule has 0 spiro atoms. The molecule has 0 aliphatic heterocycles. The molecule has 3 aromatic rings. The third-order valence-electron chi connectivity index (χ3n) is 5.47. The second kappa shape index (κ2) is 11.3. The van der Waals surface area contributed by atoms with Crippen LogP contribution in [0.2, 0.25) is 0 Å². The zero-order valence-corrected chi connectivity index (χ0v) is 19.1. The Morgan fingerprint density at radius 3 is 2.50 bits per heavy atom. The summed E-state index contributed by atoms with van der Waals surface area (Å²) in [5, 5.41) is 4.95. The van der Waals surface area contributed by atoms with Crippen LogP contribution in [0.25, 0.3) is 10.8 Å². The average Bonchev–Trinajstić information content (AvgIpc) is 2.81. The van der Waals surface area contributed by atoms with Crippen LogP contribution in [0.3, 0.4) is 0 Å². The summed E-state index contributed by atoms with van der Waals surface area (Å²) in [6, 6.07) is 21.2. The van der Waals surface area contributed by atoms with E-state index in [9.17, 15) is 9.59 Å². The second-order valence-corrected chi connectivity index (χ2v) is 7.99. The van der Waals surface area contributed by atoms with Crippen molar-refractivity contribution in [3.05, 3.63) is 77.9 Å². The number of carbonyl (C=O) groups is 2. The summed E-state index contributed by atoms with van der Waals surface area (Å²) in [5.41, 5.74) is 2.11. The first-order valence-corrected chi connectivity index (χ1v) is 11.3. The lowest BCUT2D eigenvalue weighted by Gasteiger charge is -2.30. The molecule has 0 bridgehead atoms. The largest absolute Gasteiger partial charge is 0.483 e. The van der Waals surface area contributed by atoms with E-state index in [4.69, 9.17) is 4.74 Å². The van der Waals surface area contributed by atoms with Crippen molar-refractivity contribution < 1.29 is 14.3 Å². The summed E-state index contributed by atoms with van der Waals surface area (Å²) >= 11 is 0. The van der Waals surface area contributed by atoms with Gasteiger partial charge in [-0.2, -0.15) is 0 Å². The minimum Gasteiger partial charge on any atom is -0.483 e. The van der Waals surface area contributed by atoms with Crippen LogP contribution in [0.4, 0.5) is 0 Å². The normalized spacial score (nSPS) is 11.7. The van der Waals surface area contributed by atoms with Crippen LogP contribution >= 0.6 is 0 Å². The Morgan fingerprint density at radius 2 is 1.75 bits per heavy atom. The Hall–Kier alpha value is -3.34. The summed E-state index contributed by atoms with van der Waals surface area (Å²) in [6.07, 6.45) is 1.37. The van der Waals surface area contributed by atoms with Crippen LogP contribution < -0.4 is 10.1 Å². The standard InChI is InChI=1S/C27H32N2O3/c1-4-16-28-27(31)24(5-2)29(18-21-11-8-10-20(3)17-21)26(30)19-32-25-15-9-13-22-12-6-7-14-23(22)25/h6-15,17,24H,4-5,16,18-19H2,1-3H3,(H,28,31). The summed E-state index contributed by atoms with van der Waals surface area (Å²) in [4.78, 5) is 27.8. The van der Waals surface area contributed by atoms with Crippen LogP contribution in [-0.4, -0.2) is 35.9 Å². The van der Waals surface area contributed by atoms with Crippen molar-refractivity contribution in [2.45, 2.75) is 46.2 Å². The third kappa shape index (κ3) is 5.88. The van der Waals surface area contributed by atoms with Gasteiger partial charge in [-0.25, -0.2) is 0 Å². The number of amides is 2. The highest BCUT2D eigenvalue weighted by atomic mass is 16.5. The maximum atomic E-state index is 13.3. The highest BCUT2D eigenvalue weighted by Crippen LogP contribution is 2.25. The van der Waals surface area contributed by atoms with E-state index < -0.39 is 6.04 Å². The lowest BCUT2D eigenvalue weighted by Crippen LogP contribution is -2.50. The summed E-state index contributed by atoms with van der Waals surface area (Å²) in [7, 11) is 0. The molecule has 168 valence electrons. The smallest absolute Gasteiger partial charge is 0.261 e. The molecular formula is C27H32N2O3. The van der Waals surface area contributed by atoms with Gasteiger partial charge in [0.15, 0.2) is 6.61 Å². The van der Waals surface area contributed by atoms with Crippen LogP contribution in [0.1, 0.15) is 37.8 Å². The van der Waals surface area contributed by atoms with Gasteiger partial charge in [-0.3, -0.25) is 9.59 Å². The number of rotatable bonds is 10. The maximum Gasteiger partial charge on any atom is 0.261 e. The quantitative estimate of drug-likeness (QED) is 0.498. The molecule has 0 saturated carbocycles. The lowest BCUT2D eigenvalue weighted by atomic mass is 10.1. The number of hydrogen-bond acceptors (Lipinski definition) is 3. The van der Waals surface area contributed by atoms with Gasteiger partial charge in [0.05, 0.1) is 0 Å². The van der Waals surface area contributed by atoms with Crippen LogP contribution in [0.15, 0.2) is 66.7 Å². The molecule has 0 aliphatic rings. The number of fused-ring (bicyclic) bond motifs is 1. The Balaban J connectivity index is 1.82. The first-order valence-electron chi connectivity index (χ1n) is 11.3. The Morgan fingerprint density at radius 1 is 1.00 bits per heavy atom. The summed E-state index contributed by atoms with van der Waals surface area (Å²) in [6.45, 7) is 6.78. The maximum absolute atomic E-state index is 13.3. The van der Waals surface area contributed by atoms with Crippen LogP contribution in [-0.2, 0) is 16.1 Å². The molecule has 5 heteroatoms. The predicted molar refractivity (Wildman–Crippen MR) is 129 cm³/mol. The van der Waals surface area contributed by atoms with E-state index >= 15 is 0 Å². The minimum absolute atomic E-state index is 0.125. The predicted octanol–water partition coefficient (Wildman–Crippen LogP) is 4.86. The zero-order chi connectivity index (χ0) is 22.9. The number of hydrogen-bond donors (Lipinski definition) is 1. The van der Waals surface area contributed by atoms with Crippen molar-refractivity contribution in [3.8, 4) is 5.75 Å². The second-order valence-electron chi connectivity index (χ2n) is 7.99. The fraction of sp³-hybridized carbons (Fsp3) is 0.333. The molecule has 0 radical (unpaired) electrons. The van der Waals surface area contributed by atoms with Crippen molar-refractivity contribution in [3.63, 3.8) is 0 Å². The molecule has 0 fully saturated rings. The summed E-state index contributed by atoms with van der Waals surface area (Å²) < 4.78 is 5.96. The minimum atomic E-state index is -0.550. The molecule has 0 aromatic heterocycles. The molecule has 2 amide bonds. The first-order chi connectivity index (χ1) is 15.5. The molecule has 5 nitrogen and oxygen atoms in total. The Kier molecular flexibility index (Phi) is 8.26. The van der Waals surface area contributed by atoms with E-state index in [1.165, 1.54) is 0 Å². The number of ether oxygens (including phenoxy) is 1. The first kappa shape index (κ1) is 23.3. The van der Waals surface area contributed by atoms with Gasteiger partial charge in [-0.15, -0.1) is 0 Å². The molecule has 3 rings (SSSR count). The number of carbonyl (C=O) groups excluding carboxylic acids is 2.